The van der Waals surface area contributed by atoms with Crippen molar-refractivity contribution in [3.8, 4) is 5.75 Å². The zero-order valence-corrected chi connectivity index (χ0v) is 14.1. The van der Waals surface area contributed by atoms with E-state index in [2.05, 4.69) is 14.7 Å². The molecule has 0 aliphatic carbocycles. The van der Waals surface area contributed by atoms with Crippen LogP contribution in [0.3, 0.4) is 0 Å². The molecule has 0 saturated carbocycles. The fraction of sp³-hybridized carbons (Fsp3) is 0.125. The van der Waals surface area contributed by atoms with Gasteiger partial charge in [-0.2, -0.15) is 4.37 Å². The van der Waals surface area contributed by atoms with Crippen molar-refractivity contribution in [2.75, 3.05) is 5.32 Å². The Kier molecular flexibility index (Phi) is 4.73. The number of amides is 1. The van der Waals surface area contributed by atoms with E-state index in [1.807, 2.05) is 0 Å². The molecule has 1 aliphatic heterocycles. The number of ether oxygens (including phenoxy) is 1. The van der Waals surface area contributed by atoms with Crippen molar-refractivity contribution in [3.05, 3.63) is 52.5 Å². The molecule has 122 valence electrons. The Hall–Kier alpha value is -2.51. The van der Waals surface area contributed by atoms with Crippen LogP contribution in [-0.2, 0) is 16.0 Å². The van der Waals surface area contributed by atoms with Gasteiger partial charge in [0.05, 0.1) is 12.7 Å². The average molecular weight is 362 g/mol. The minimum absolute atomic E-state index is 0.0364. The van der Waals surface area contributed by atoms with Crippen molar-refractivity contribution in [2.24, 2.45) is 0 Å². The van der Waals surface area contributed by atoms with Gasteiger partial charge < -0.3 is 4.74 Å². The molecule has 0 radical (unpaired) electrons. The van der Waals surface area contributed by atoms with Crippen LogP contribution < -0.4 is 10.1 Å². The molecular weight excluding hydrogens is 350 g/mol. The van der Waals surface area contributed by atoms with Gasteiger partial charge in [-0.15, -0.1) is 0 Å². The van der Waals surface area contributed by atoms with Crippen LogP contribution in [0.2, 0.25) is 5.02 Å². The molecule has 1 aromatic carbocycles. The highest BCUT2D eigenvalue weighted by atomic mass is 35.5. The number of hydrogen-bond donors (Lipinski definition) is 1. The number of ketones is 1. The molecule has 0 fully saturated rings. The van der Waals surface area contributed by atoms with E-state index in [-0.39, 0.29) is 18.1 Å². The number of halogens is 1. The molecule has 1 amide bonds. The van der Waals surface area contributed by atoms with E-state index in [1.54, 1.807) is 30.4 Å². The summed E-state index contributed by atoms with van der Waals surface area (Å²) in [6.07, 6.45) is 4.82. The van der Waals surface area contributed by atoms with Gasteiger partial charge in [0.1, 0.15) is 11.5 Å². The van der Waals surface area contributed by atoms with Gasteiger partial charge in [0, 0.05) is 27.7 Å². The Morgan fingerprint density at radius 1 is 1.38 bits per heavy atom. The summed E-state index contributed by atoms with van der Waals surface area (Å²) in [6, 6.07) is 5.16. The molecule has 0 spiro atoms. The second kappa shape index (κ2) is 6.94. The summed E-state index contributed by atoms with van der Waals surface area (Å²) in [5.74, 6) is 0.616. The number of carbonyl (C=O) groups excluding carboxylic acids is 2. The normalized spacial score (nSPS) is 12.7. The molecule has 2 heterocycles. The number of nitrogens with zero attached hydrogens (tertiary/aromatic N) is 2. The first-order valence-corrected chi connectivity index (χ1v) is 8.14. The first kappa shape index (κ1) is 16.4. The summed E-state index contributed by atoms with van der Waals surface area (Å²) in [4.78, 5) is 27.6. The van der Waals surface area contributed by atoms with Gasteiger partial charge in [0.2, 0.25) is 5.13 Å². The predicted octanol–water partition coefficient (Wildman–Crippen LogP) is 3.25. The first-order chi connectivity index (χ1) is 11.5. The number of benzene rings is 1. The highest BCUT2D eigenvalue weighted by Crippen LogP contribution is 2.28. The molecule has 2 aromatic rings. The van der Waals surface area contributed by atoms with Crippen molar-refractivity contribution in [1.82, 2.24) is 9.36 Å². The van der Waals surface area contributed by atoms with Gasteiger partial charge in [0.15, 0.2) is 5.82 Å². The number of fused-ring (bicyclic) bond motifs is 1. The quantitative estimate of drug-likeness (QED) is 0.904. The minimum atomic E-state index is -0.354. The van der Waals surface area contributed by atoms with Gasteiger partial charge in [-0.3, -0.25) is 14.9 Å². The fourth-order valence-electron chi connectivity index (χ4n) is 2.05. The minimum Gasteiger partial charge on any atom is -0.464 e. The molecule has 24 heavy (non-hydrogen) atoms. The van der Waals surface area contributed by atoms with E-state index in [9.17, 15) is 9.59 Å². The lowest BCUT2D eigenvalue weighted by molar-refractivity contribution is -0.116. The van der Waals surface area contributed by atoms with Crippen molar-refractivity contribution in [1.29, 1.82) is 0 Å². The van der Waals surface area contributed by atoms with Crippen LogP contribution in [0.25, 0.3) is 6.08 Å². The first-order valence-electron chi connectivity index (χ1n) is 6.99. The Morgan fingerprint density at radius 3 is 3.00 bits per heavy atom. The van der Waals surface area contributed by atoms with E-state index in [4.69, 9.17) is 16.3 Å². The van der Waals surface area contributed by atoms with E-state index >= 15 is 0 Å². The Labute approximate surface area is 147 Å². The SMILES string of the molecule is CC(=O)Cc1nsc(NC(=O)C2=Cc3cc(Cl)ccc3OC=C2)n1. The standard InChI is InChI=1S/C16H12ClN3O3S/c1-9(21)6-14-18-16(24-20-14)19-15(22)10-4-5-23-13-3-2-12(17)8-11(13)7-10/h2-5,7-8H,6H2,1H3,(H,18,19,20,22). The zero-order chi connectivity index (χ0) is 17.1. The molecule has 0 atom stereocenters. The molecule has 1 N–H and O–H groups in total. The number of rotatable bonds is 4. The Balaban J connectivity index is 1.79. The number of carbonyl (C=O) groups is 2. The van der Waals surface area contributed by atoms with Crippen LogP contribution in [-0.4, -0.2) is 21.0 Å². The monoisotopic (exact) mass is 361 g/mol. The van der Waals surface area contributed by atoms with Crippen LogP contribution in [0.5, 0.6) is 5.75 Å². The Morgan fingerprint density at radius 2 is 2.21 bits per heavy atom. The van der Waals surface area contributed by atoms with E-state index in [0.29, 0.717) is 32.9 Å². The number of Topliss-reactive ketones (excluding diaryl/α,β-unsaturated/α-hetero) is 1. The van der Waals surface area contributed by atoms with Crippen LogP contribution >= 0.6 is 23.1 Å². The van der Waals surface area contributed by atoms with Gasteiger partial charge in [-0.05, 0) is 37.3 Å². The summed E-state index contributed by atoms with van der Waals surface area (Å²) in [5.41, 5.74) is 1.09. The largest absolute Gasteiger partial charge is 0.464 e. The van der Waals surface area contributed by atoms with Gasteiger partial charge in [-0.1, -0.05) is 11.6 Å². The third-order valence-electron chi connectivity index (χ3n) is 3.08. The van der Waals surface area contributed by atoms with Crippen LogP contribution in [0, 0.1) is 0 Å². The molecule has 0 saturated heterocycles. The van der Waals surface area contributed by atoms with E-state index in [1.165, 1.54) is 13.2 Å². The van der Waals surface area contributed by atoms with Crippen molar-refractivity contribution < 1.29 is 14.3 Å². The van der Waals surface area contributed by atoms with Crippen molar-refractivity contribution in [2.45, 2.75) is 13.3 Å². The molecule has 0 bridgehead atoms. The lowest BCUT2D eigenvalue weighted by Gasteiger charge is -2.03. The number of nitrogens with one attached hydrogen (secondary N) is 1. The molecule has 8 heteroatoms. The highest BCUT2D eigenvalue weighted by Gasteiger charge is 2.15. The number of anilines is 1. The molecule has 1 aromatic heterocycles. The molecule has 6 nitrogen and oxygen atoms in total. The third-order valence-corrected chi connectivity index (χ3v) is 3.99. The summed E-state index contributed by atoms with van der Waals surface area (Å²) >= 11 is 7.01. The predicted molar refractivity (Wildman–Crippen MR) is 92.1 cm³/mol. The number of aromatic nitrogens is 2. The van der Waals surface area contributed by atoms with Gasteiger partial charge in [-0.25, -0.2) is 4.98 Å². The topological polar surface area (TPSA) is 81.2 Å². The second-order valence-corrected chi connectivity index (χ2v) is 6.24. The summed E-state index contributed by atoms with van der Waals surface area (Å²) in [6.45, 7) is 1.46. The summed E-state index contributed by atoms with van der Waals surface area (Å²) < 4.78 is 9.48. The molecule has 1 aliphatic rings. The lowest BCUT2D eigenvalue weighted by Crippen LogP contribution is -2.13. The second-order valence-electron chi connectivity index (χ2n) is 5.05. The fourth-order valence-corrected chi connectivity index (χ4v) is 2.81. The van der Waals surface area contributed by atoms with Crippen LogP contribution in [0.15, 0.2) is 36.1 Å². The van der Waals surface area contributed by atoms with Gasteiger partial charge >= 0.3 is 0 Å². The van der Waals surface area contributed by atoms with Crippen molar-refractivity contribution >= 4 is 46.0 Å². The lowest BCUT2D eigenvalue weighted by atomic mass is 10.1. The summed E-state index contributed by atoms with van der Waals surface area (Å²) in [5, 5.41) is 3.55. The van der Waals surface area contributed by atoms with Gasteiger partial charge in [0.25, 0.3) is 5.91 Å². The summed E-state index contributed by atoms with van der Waals surface area (Å²) in [7, 11) is 0. The highest BCUT2D eigenvalue weighted by molar-refractivity contribution is 7.09. The maximum atomic E-state index is 12.4. The zero-order valence-electron chi connectivity index (χ0n) is 12.6. The molecular formula is C16H12ClN3O3S. The van der Waals surface area contributed by atoms with Crippen LogP contribution in [0.1, 0.15) is 18.3 Å². The Bertz CT molecular complexity index is 873. The average Bonchev–Trinajstić information content (AvgIpc) is 2.82. The molecule has 0 unspecified atom stereocenters. The number of hydrogen-bond acceptors (Lipinski definition) is 6. The smallest absolute Gasteiger partial charge is 0.257 e. The van der Waals surface area contributed by atoms with Crippen molar-refractivity contribution in [3.63, 3.8) is 0 Å². The maximum absolute atomic E-state index is 12.4. The molecule has 3 rings (SSSR count). The third kappa shape index (κ3) is 3.87. The van der Waals surface area contributed by atoms with E-state index < -0.39 is 0 Å². The van der Waals surface area contributed by atoms with E-state index in [0.717, 1.165) is 11.5 Å². The van der Waals surface area contributed by atoms with Crippen LogP contribution in [0.4, 0.5) is 5.13 Å². The maximum Gasteiger partial charge on any atom is 0.257 e.